The topological polar surface area (TPSA) is 142 Å². The lowest BCUT2D eigenvalue weighted by atomic mass is 9.93. The summed E-state index contributed by atoms with van der Waals surface area (Å²) in [6.07, 6.45) is 0.0601. The van der Waals surface area contributed by atoms with Gasteiger partial charge < -0.3 is 24.8 Å². The van der Waals surface area contributed by atoms with Crippen molar-refractivity contribution in [2.24, 2.45) is 0 Å². The number of ether oxygens (including phenoxy) is 2. The van der Waals surface area contributed by atoms with Crippen LogP contribution in [0.3, 0.4) is 0 Å². The molecule has 0 aliphatic rings. The number of aliphatic carboxylic acids is 1. The third kappa shape index (κ3) is 6.83. The fourth-order valence-electron chi connectivity index (χ4n) is 3.75. The van der Waals surface area contributed by atoms with Crippen molar-refractivity contribution < 1.29 is 39.2 Å². The summed E-state index contributed by atoms with van der Waals surface area (Å²) in [6, 6.07) is 15.3. The zero-order valence-corrected chi connectivity index (χ0v) is 19.9. The average Bonchev–Trinajstić information content (AvgIpc) is 2.82. The molecule has 1 unspecified atom stereocenters. The van der Waals surface area contributed by atoms with Gasteiger partial charge in [0, 0.05) is 37.9 Å². The predicted molar refractivity (Wildman–Crippen MR) is 130 cm³/mol. The quantitative estimate of drug-likeness (QED) is 0.190. The van der Waals surface area contributed by atoms with Crippen LogP contribution in [0, 0.1) is 0 Å². The van der Waals surface area contributed by atoms with Crippen LogP contribution in [0.15, 0.2) is 60.7 Å². The molecule has 3 rings (SSSR count). The summed E-state index contributed by atoms with van der Waals surface area (Å²) < 4.78 is 10.4. The predicted octanol–water partition coefficient (Wildman–Crippen LogP) is 3.32. The van der Waals surface area contributed by atoms with Crippen molar-refractivity contribution in [3.05, 3.63) is 82.9 Å². The van der Waals surface area contributed by atoms with Gasteiger partial charge in [-0.3, -0.25) is 19.7 Å². The highest BCUT2D eigenvalue weighted by Gasteiger charge is 2.23. The van der Waals surface area contributed by atoms with E-state index in [0.29, 0.717) is 33.8 Å². The molecule has 36 heavy (non-hydrogen) atoms. The van der Waals surface area contributed by atoms with Crippen molar-refractivity contribution in [3.63, 3.8) is 0 Å². The molecule has 0 heterocycles. The smallest absolute Gasteiger partial charge is 0.321 e. The van der Waals surface area contributed by atoms with Crippen molar-refractivity contribution in [3.8, 4) is 23.0 Å². The van der Waals surface area contributed by atoms with E-state index in [4.69, 9.17) is 9.47 Å². The van der Waals surface area contributed by atoms with Crippen LogP contribution in [0.2, 0.25) is 0 Å². The second kappa shape index (κ2) is 11.9. The monoisotopic (exact) mass is 493 g/mol. The minimum atomic E-state index is -1.13. The van der Waals surface area contributed by atoms with Gasteiger partial charge >= 0.3 is 17.9 Å². The van der Waals surface area contributed by atoms with Gasteiger partial charge in [0.2, 0.25) is 0 Å². The Bertz CT molecular complexity index is 1270. The number of benzene rings is 3. The number of esters is 2. The van der Waals surface area contributed by atoms with Gasteiger partial charge in [-0.05, 0) is 35.7 Å². The molecule has 0 aliphatic heterocycles. The average molecular weight is 494 g/mol. The maximum absolute atomic E-state index is 12.1. The lowest BCUT2D eigenvalue weighted by molar-refractivity contribution is -0.139. The first kappa shape index (κ1) is 26.2. The van der Waals surface area contributed by atoms with Crippen molar-refractivity contribution in [1.29, 1.82) is 0 Å². The number of aromatic hydroxyl groups is 2. The number of carbonyl (C=O) groups excluding carboxylic acids is 2. The van der Waals surface area contributed by atoms with E-state index in [2.05, 4.69) is 5.32 Å². The minimum absolute atomic E-state index is 0.0238. The van der Waals surface area contributed by atoms with E-state index in [-0.39, 0.29) is 30.9 Å². The van der Waals surface area contributed by atoms with Crippen LogP contribution in [0.5, 0.6) is 23.0 Å². The van der Waals surface area contributed by atoms with Gasteiger partial charge in [-0.2, -0.15) is 0 Å². The third-order valence-corrected chi connectivity index (χ3v) is 5.44. The molecule has 9 nitrogen and oxygen atoms in total. The van der Waals surface area contributed by atoms with Crippen molar-refractivity contribution in [2.75, 3.05) is 0 Å². The molecule has 0 aliphatic carbocycles. The molecular formula is C27H27NO8. The van der Waals surface area contributed by atoms with E-state index in [1.807, 2.05) is 0 Å². The summed E-state index contributed by atoms with van der Waals surface area (Å²) >= 11 is 0. The van der Waals surface area contributed by atoms with Gasteiger partial charge in [-0.1, -0.05) is 42.5 Å². The zero-order chi connectivity index (χ0) is 26.2. The van der Waals surface area contributed by atoms with Crippen LogP contribution in [0.4, 0.5) is 0 Å². The first-order valence-corrected chi connectivity index (χ1v) is 11.2. The van der Waals surface area contributed by atoms with Crippen molar-refractivity contribution in [1.82, 2.24) is 5.32 Å². The van der Waals surface area contributed by atoms with Gasteiger partial charge in [-0.15, -0.1) is 0 Å². The summed E-state index contributed by atoms with van der Waals surface area (Å²) in [7, 11) is 0. The van der Waals surface area contributed by atoms with E-state index in [1.54, 1.807) is 54.6 Å². The summed E-state index contributed by atoms with van der Waals surface area (Å²) in [4.78, 5) is 34.9. The van der Waals surface area contributed by atoms with Crippen LogP contribution in [-0.2, 0) is 33.8 Å². The number of phenolic OH excluding ortho intramolecular Hbond substituents is 2. The number of hydrogen-bond donors (Lipinski definition) is 4. The highest BCUT2D eigenvalue weighted by molar-refractivity contribution is 5.74. The Hall–Kier alpha value is -4.37. The van der Waals surface area contributed by atoms with E-state index in [9.17, 15) is 29.7 Å². The Balaban J connectivity index is 1.87. The SMILES string of the molecule is CC(=O)Oc1ccccc1CNC(Cc1ccc(O)c(O)c1Cc1ccccc1OC(C)=O)C(=O)O. The fourth-order valence-corrected chi connectivity index (χ4v) is 3.75. The zero-order valence-electron chi connectivity index (χ0n) is 19.9. The largest absolute Gasteiger partial charge is 0.504 e. The third-order valence-electron chi connectivity index (χ3n) is 5.44. The van der Waals surface area contributed by atoms with Gasteiger partial charge in [0.25, 0.3) is 0 Å². The summed E-state index contributed by atoms with van der Waals surface area (Å²) in [5, 5.41) is 33.5. The number of carboxylic acid groups (broad SMARTS) is 1. The maximum atomic E-state index is 12.1. The lowest BCUT2D eigenvalue weighted by Crippen LogP contribution is -2.38. The van der Waals surface area contributed by atoms with E-state index in [1.165, 1.54) is 19.9 Å². The van der Waals surface area contributed by atoms with Crippen molar-refractivity contribution in [2.45, 2.75) is 39.3 Å². The number of rotatable bonds is 10. The number of carboxylic acids is 1. The molecule has 0 amide bonds. The molecular weight excluding hydrogens is 466 g/mol. The second-order valence-corrected chi connectivity index (χ2v) is 8.13. The van der Waals surface area contributed by atoms with Crippen molar-refractivity contribution >= 4 is 17.9 Å². The van der Waals surface area contributed by atoms with Crippen LogP contribution >= 0.6 is 0 Å². The molecule has 0 spiro atoms. The summed E-state index contributed by atoms with van der Waals surface area (Å²) in [5.74, 6) is -2.23. The summed E-state index contributed by atoms with van der Waals surface area (Å²) in [5.41, 5.74) is 1.96. The first-order chi connectivity index (χ1) is 17.2. The highest BCUT2D eigenvalue weighted by atomic mass is 16.5. The maximum Gasteiger partial charge on any atom is 0.321 e. The molecule has 188 valence electrons. The molecule has 9 heteroatoms. The molecule has 0 fully saturated rings. The Morgan fingerprint density at radius 1 is 0.806 bits per heavy atom. The molecule has 0 radical (unpaired) electrons. The molecule has 4 N–H and O–H groups in total. The molecule has 0 aromatic heterocycles. The van der Waals surface area contributed by atoms with E-state index in [0.717, 1.165) is 0 Å². The molecule has 1 atom stereocenters. The highest BCUT2D eigenvalue weighted by Crippen LogP contribution is 2.35. The van der Waals surface area contributed by atoms with E-state index < -0.39 is 23.9 Å². The summed E-state index contributed by atoms with van der Waals surface area (Å²) in [6.45, 7) is 2.66. The van der Waals surface area contributed by atoms with Crippen LogP contribution in [-0.4, -0.2) is 39.3 Å². The van der Waals surface area contributed by atoms with Crippen LogP contribution in [0.1, 0.15) is 36.1 Å². The molecule has 0 saturated heterocycles. The number of hydrogen-bond acceptors (Lipinski definition) is 8. The number of phenols is 2. The van der Waals surface area contributed by atoms with Gasteiger partial charge in [0.05, 0.1) is 0 Å². The Kier molecular flexibility index (Phi) is 8.64. The van der Waals surface area contributed by atoms with Crippen LogP contribution < -0.4 is 14.8 Å². The molecule has 0 saturated carbocycles. The Morgan fingerprint density at radius 3 is 1.94 bits per heavy atom. The van der Waals surface area contributed by atoms with Gasteiger partial charge in [0.1, 0.15) is 17.5 Å². The van der Waals surface area contributed by atoms with E-state index >= 15 is 0 Å². The van der Waals surface area contributed by atoms with Gasteiger partial charge in [0.15, 0.2) is 11.5 Å². The first-order valence-electron chi connectivity index (χ1n) is 11.2. The molecule has 3 aromatic carbocycles. The standard InChI is InChI=1S/C27H27NO8/c1-16(29)35-24-9-5-3-7-19(24)13-21-18(11-12-23(31)26(21)32)14-22(27(33)34)28-15-20-8-4-6-10-25(20)36-17(2)30/h3-12,22,28,31-32H,13-15H2,1-2H3,(H,33,34). The lowest BCUT2D eigenvalue weighted by Gasteiger charge is -2.19. The Labute approximate surface area is 207 Å². The molecule has 3 aromatic rings. The van der Waals surface area contributed by atoms with Gasteiger partial charge in [-0.25, -0.2) is 0 Å². The molecule has 0 bridgehead atoms. The Morgan fingerprint density at radius 2 is 1.36 bits per heavy atom. The normalized spacial score (nSPS) is 11.5. The fraction of sp³-hybridized carbons (Fsp3) is 0.222. The second-order valence-electron chi connectivity index (χ2n) is 8.13. The van der Waals surface area contributed by atoms with Crippen LogP contribution in [0.25, 0.3) is 0 Å². The number of carbonyl (C=O) groups is 3. The minimum Gasteiger partial charge on any atom is -0.504 e. The number of para-hydroxylation sites is 2. The number of nitrogens with one attached hydrogen (secondary N) is 1.